The van der Waals surface area contributed by atoms with Gasteiger partial charge in [0, 0.05) is 13.1 Å². The monoisotopic (exact) mass is 392 g/mol. The van der Waals surface area contributed by atoms with Crippen LogP contribution in [0.5, 0.6) is 0 Å². The molecule has 2 N–H and O–H groups in total. The Hall–Kier alpha value is -2.77. The van der Waals surface area contributed by atoms with E-state index < -0.39 is 29.8 Å². The van der Waals surface area contributed by atoms with Gasteiger partial charge in [-0.1, -0.05) is 30.3 Å². The van der Waals surface area contributed by atoms with Crippen molar-refractivity contribution in [3.8, 4) is 0 Å². The molecule has 0 aliphatic carbocycles. The van der Waals surface area contributed by atoms with Crippen LogP contribution in [0, 0.1) is 5.92 Å². The summed E-state index contributed by atoms with van der Waals surface area (Å²) in [4.78, 5) is 37.3. The first-order chi connectivity index (χ1) is 13.2. The summed E-state index contributed by atoms with van der Waals surface area (Å²) in [5.41, 5.74) is 0.233. The van der Waals surface area contributed by atoms with Gasteiger partial charge in [-0.25, -0.2) is 14.4 Å². The van der Waals surface area contributed by atoms with E-state index in [1.807, 2.05) is 30.3 Å². The summed E-state index contributed by atoms with van der Waals surface area (Å²) in [6.07, 6.45) is -0.274. The van der Waals surface area contributed by atoms with Crippen LogP contribution in [0.4, 0.5) is 9.59 Å². The molecule has 8 nitrogen and oxygen atoms in total. The number of alkyl carbamates (subject to hydrolysis) is 1. The van der Waals surface area contributed by atoms with Crippen LogP contribution in [0.25, 0.3) is 0 Å². The van der Waals surface area contributed by atoms with Crippen molar-refractivity contribution in [2.75, 3.05) is 13.1 Å². The molecular formula is C20H28N2O6. The van der Waals surface area contributed by atoms with Crippen LogP contribution in [0.2, 0.25) is 0 Å². The highest BCUT2D eigenvalue weighted by molar-refractivity contribution is 5.80. The van der Waals surface area contributed by atoms with Crippen LogP contribution < -0.4 is 5.32 Å². The second-order valence-electron chi connectivity index (χ2n) is 7.83. The number of nitrogens with zero attached hydrogens (tertiary/aromatic N) is 1. The Morgan fingerprint density at radius 2 is 1.79 bits per heavy atom. The highest BCUT2D eigenvalue weighted by Crippen LogP contribution is 2.23. The fraction of sp³-hybridized carbons (Fsp3) is 0.550. The molecule has 154 valence electrons. The maximum absolute atomic E-state index is 12.1. The highest BCUT2D eigenvalue weighted by Gasteiger charge is 2.35. The number of carbonyl (C=O) groups is 3. The van der Waals surface area contributed by atoms with Gasteiger partial charge in [-0.15, -0.1) is 0 Å². The van der Waals surface area contributed by atoms with E-state index in [9.17, 15) is 19.5 Å². The molecule has 1 unspecified atom stereocenters. The minimum absolute atomic E-state index is 0.0656. The molecule has 2 rings (SSSR count). The number of amides is 2. The number of carboxylic acid groups (broad SMARTS) is 1. The van der Waals surface area contributed by atoms with Crippen LogP contribution >= 0.6 is 0 Å². The third-order valence-corrected chi connectivity index (χ3v) is 4.41. The van der Waals surface area contributed by atoms with Gasteiger partial charge in [-0.3, -0.25) is 0 Å². The number of benzene rings is 1. The number of hydrogen-bond acceptors (Lipinski definition) is 5. The summed E-state index contributed by atoms with van der Waals surface area (Å²) in [7, 11) is 0. The zero-order valence-corrected chi connectivity index (χ0v) is 16.5. The number of hydrogen-bond donors (Lipinski definition) is 2. The van der Waals surface area contributed by atoms with Gasteiger partial charge >= 0.3 is 18.2 Å². The molecule has 0 aromatic heterocycles. The first-order valence-corrected chi connectivity index (χ1v) is 9.33. The van der Waals surface area contributed by atoms with E-state index in [0.29, 0.717) is 25.9 Å². The zero-order valence-electron chi connectivity index (χ0n) is 16.5. The topological polar surface area (TPSA) is 105 Å². The molecule has 28 heavy (non-hydrogen) atoms. The molecular weight excluding hydrogens is 364 g/mol. The molecule has 1 aromatic carbocycles. The van der Waals surface area contributed by atoms with Gasteiger partial charge in [-0.2, -0.15) is 0 Å². The molecule has 0 spiro atoms. The Bertz CT molecular complexity index is 678. The molecule has 0 saturated carbocycles. The molecule has 0 radical (unpaired) electrons. The molecule has 1 atom stereocenters. The first-order valence-electron chi connectivity index (χ1n) is 9.33. The largest absolute Gasteiger partial charge is 0.480 e. The third kappa shape index (κ3) is 6.75. The van der Waals surface area contributed by atoms with Crippen molar-refractivity contribution in [2.24, 2.45) is 5.92 Å². The van der Waals surface area contributed by atoms with E-state index in [0.717, 1.165) is 5.56 Å². The maximum Gasteiger partial charge on any atom is 0.410 e. The van der Waals surface area contributed by atoms with Crippen molar-refractivity contribution < 1.29 is 29.0 Å². The summed E-state index contributed by atoms with van der Waals surface area (Å²) in [5, 5.41) is 12.0. The average Bonchev–Trinajstić information content (AvgIpc) is 2.64. The number of nitrogens with one attached hydrogen (secondary N) is 1. The molecule has 0 bridgehead atoms. The lowest BCUT2D eigenvalue weighted by Gasteiger charge is -2.35. The Labute approximate surface area is 164 Å². The van der Waals surface area contributed by atoms with Crippen LogP contribution in [0.1, 0.15) is 39.2 Å². The Kier molecular flexibility index (Phi) is 7.25. The van der Waals surface area contributed by atoms with E-state index in [2.05, 4.69) is 5.32 Å². The molecule has 1 aliphatic heterocycles. The molecule has 8 heteroatoms. The second-order valence-corrected chi connectivity index (χ2v) is 7.83. The summed E-state index contributed by atoms with van der Waals surface area (Å²) < 4.78 is 10.5. The number of carbonyl (C=O) groups excluding carboxylic acids is 2. The molecule has 1 saturated heterocycles. The minimum atomic E-state index is -1.12. The van der Waals surface area contributed by atoms with Crippen molar-refractivity contribution >= 4 is 18.2 Å². The normalized spacial score (nSPS) is 16.2. The Balaban J connectivity index is 1.84. The van der Waals surface area contributed by atoms with Gasteiger partial charge < -0.3 is 24.8 Å². The number of ether oxygens (including phenoxy) is 2. The summed E-state index contributed by atoms with van der Waals surface area (Å²) in [5.74, 6) is -1.41. The molecule has 1 heterocycles. The first kappa shape index (κ1) is 21.5. The van der Waals surface area contributed by atoms with Crippen molar-refractivity contribution in [3.05, 3.63) is 35.9 Å². The second kappa shape index (κ2) is 9.43. The van der Waals surface area contributed by atoms with Crippen LogP contribution in [-0.2, 0) is 20.9 Å². The highest BCUT2D eigenvalue weighted by atomic mass is 16.6. The van der Waals surface area contributed by atoms with E-state index in [4.69, 9.17) is 9.47 Å². The van der Waals surface area contributed by atoms with Gasteiger partial charge in [0.1, 0.15) is 18.2 Å². The van der Waals surface area contributed by atoms with Gasteiger partial charge in [0.25, 0.3) is 0 Å². The smallest absolute Gasteiger partial charge is 0.410 e. The van der Waals surface area contributed by atoms with Gasteiger partial charge in [0.2, 0.25) is 0 Å². The predicted octanol–water partition coefficient (Wildman–Crippen LogP) is 3.01. The average molecular weight is 392 g/mol. The summed E-state index contributed by atoms with van der Waals surface area (Å²) in [6, 6.07) is 8.07. The standard InChI is InChI=1S/C20H28N2O6/c1-20(2,3)28-19(26)22-11-9-15(10-12-22)16(17(23)24)21-18(25)27-13-14-7-5-4-6-8-14/h4-8,15-16H,9-13H2,1-3H3,(H,21,25)(H,23,24). The SMILES string of the molecule is CC(C)(C)OC(=O)N1CCC(C(NC(=O)OCc2ccccc2)C(=O)O)CC1. The lowest BCUT2D eigenvalue weighted by atomic mass is 9.89. The predicted molar refractivity (Wildman–Crippen MR) is 102 cm³/mol. The maximum atomic E-state index is 12.1. The van der Waals surface area contributed by atoms with E-state index in [-0.39, 0.29) is 12.5 Å². The molecule has 1 aliphatic rings. The third-order valence-electron chi connectivity index (χ3n) is 4.41. The number of piperidine rings is 1. The van der Waals surface area contributed by atoms with Crippen molar-refractivity contribution in [2.45, 2.75) is 51.9 Å². The van der Waals surface area contributed by atoms with Crippen molar-refractivity contribution in [3.63, 3.8) is 0 Å². The molecule has 2 amide bonds. The van der Waals surface area contributed by atoms with E-state index in [1.165, 1.54) is 0 Å². The molecule has 1 fully saturated rings. The van der Waals surface area contributed by atoms with Crippen LogP contribution in [-0.4, -0.2) is 52.9 Å². The summed E-state index contributed by atoms with van der Waals surface area (Å²) in [6.45, 7) is 6.21. The van der Waals surface area contributed by atoms with E-state index in [1.54, 1.807) is 25.7 Å². The van der Waals surface area contributed by atoms with Crippen molar-refractivity contribution in [1.82, 2.24) is 10.2 Å². The van der Waals surface area contributed by atoms with Crippen molar-refractivity contribution in [1.29, 1.82) is 0 Å². The summed E-state index contributed by atoms with van der Waals surface area (Å²) >= 11 is 0. The number of aliphatic carboxylic acids is 1. The lowest BCUT2D eigenvalue weighted by Crippen LogP contribution is -2.51. The number of rotatable bonds is 5. The number of likely N-dealkylation sites (tertiary alicyclic amines) is 1. The van der Waals surface area contributed by atoms with E-state index >= 15 is 0 Å². The fourth-order valence-corrected chi connectivity index (χ4v) is 3.01. The Morgan fingerprint density at radius 1 is 1.18 bits per heavy atom. The van der Waals surface area contributed by atoms with Gasteiger partial charge in [-0.05, 0) is 45.1 Å². The Morgan fingerprint density at radius 3 is 2.32 bits per heavy atom. The van der Waals surface area contributed by atoms with Gasteiger partial charge in [0.15, 0.2) is 0 Å². The quantitative estimate of drug-likeness (QED) is 0.798. The van der Waals surface area contributed by atoms with Crippen LogP contribution in [0.15, 0.2) is 30.3 Å². The van der Waals surface area contributed by atoms with Crippen LogP contribution in [0.3, 0.4) is 0 Å². The molecule has 1 aromatic rings. The lowest BCUT2D eigenvalue weighted by molar-refractivity contribution is -0.141. The fourth-order valence-electron chi connectivity index (χ4n) is 3.01. The minimum Gasteiger partial charge on any atom is -0.480 e. The van der Waals surface area contributed by atoms with Gasteiger partial charge in [0.05, 0.1) is 0 Å². The number of carboxylic acids is 1. The zero-order chi connectivity index (χ0) is 20.7.